The van der Waals surface area contributed by atoms with Crippen LogP contribution in [0.25, 0.3) is 0 Å². The Morgan fingerprint density at radius 3 is 2.65 bits per heavy atom. The maximum Gasteiger partial charge on any atom is 0.257 e. The molecule has 0 spiro atoms. The van der Waals surface area contributed by atoms with Crippen molar-refractivity contribution in [1.82, 2.24) is 0 Å². The molecule has 2 aromatic rings. The number of carbonyl (C=O) groups excluding carboxylic acids is 1. The van der Waals surface area contributed by atoms with E-state index in [4.69, 9.17) is 16.3 Å². The lowest BCUT2D eigenvalue weighted by Crippen LogP contribution is -2.43. The molecule has 0 aliphatic carbocycles. The highest BCUT2D eigenvalue weighted by molar-refractivity contribution is 6.34. The quantitative estimate of drug-likeness (QED) is 0.930. The molecule has 1 atom stereocenters. The minimum absolute atomic E-state index is 0.205. The fourth-order valence-corrected chi connectivity index (χ4v) is 2.91. The zero-order valence-corrected chi connectivity index (χ0v) is 13.7. The van der Waals surface area contributed by atoms with E-state index in [-0.39, 0.29) is 5.91 Å². The Morgan fingerprint density at radius 2 is 1.96 bits per heavy atom. The van der Waals surface area contributed by atoms with Gasteiger partial charge in [-0.2, -0.15) is 0 Å². The van der Waals surface area contributed by atoms with Gasteiger partial charge < -0.3 is 15.0 Å². The van der Waals surface area contributed by atoms with Gasteiger partial charge in [0.2, 0.25) is 0 Å². The van der Waals surface area contributed by atoms with Gasteiger partial charge in [0, 0.05) is 24.0 Å². The molecule has 1 unspecified atom stereocenters. The lowest BCUT2D eigenvalue weighted by molar-refractivity contribution is 0.0989. The molecule has 23 heavy (non-hydrogen) atoms. The molecule has 1 heterocycles. The molecule has 0 saturated carbocycles. The Hall–Kier alpha value is -2.04. The molecular formula is C18H19ClN2O2. The first-order chi connectivity index (χ1) is 11.1. The summed E-state index contributed by atoms with van der Waals surface area (Å²) in [6.45, 7) is 4.51. The minimum Gasteiger partial charge on any atom is -0.377 e. The number of anilines is 2. The Balaban J connectivity index is 1.70. The minimum atomic E-state index is -0.205. The fourth-order valence-electron chi connectivity index (χ4n) is 2.69. The van der Waals surface area contributed by atoms with Crippen molar-refractivity contribution in [2.75, 3.05) is 30.0 Å². The third kappa shape index (κ3) is 3.66. The van der Waals surface area contributed by atoms with E-state index in [1.807, 2.05) is 24.3 Å². The van der Waals surface area contributed by atoms with Crippen LogP contribution in [0.2, 0.25) is 5.02 Å². The number of halogens is 1. The number of morpholine rings is 1. The van der Waals surface area contributed by atoms with Crippen LogP contribution in [0, 0.1) is 0 Å². The first-order valence-corrected chi connectivity index (χ1v) is 8.03. The Kier molecular flexibility index (Phi) is 4.84. The number of nitrogens with one attached hydrogen (secondary N) is 1. The van der Waals surface area contributed by atoms with Gasteiger partial charge in [-0.05, 0) is 43.3 Å². The summed E-state index contributed by atoms with van der Waals surface area (Å²) in [5.74, 6) is -0.205. The van der Waals surface area contributed by atoms with E-state index in [1.165, 1.54) is 0 Å². The number of rotatable bonds is 3. The molecule has 0 aromatic heterocycles. The highest BCUT2D eigenvalue weighted by Crippen LogP contribution is 2.23. The third-order valence-corrected chi connectivity index (χ3v) is 4.27. The number of ether oxygens (including phenoxy) is 1. The van der Waals surface area contributed by atoms with Crippen LogP contribution in [0.15, 0.2) is 48.5 Å². The second kappa shape index (κ2) is 7.02. The number of amides is 1. The van der Waals surface area contributed by atoms with Crippen molar-refractivity contribution in [1.29, 1.82) is 0 Å². The van der Waals surface area contributed by atoms with Gasteiger partial charge in [0.15, 0.2) is 0 Å². The van der Waals surface area contributed by atoms with E-state index in [0.717, 1.165) is 31.1 Å². The van der Waals surface area contributed by atoms with Gasteiger partial charge >= 0.3 is 0 Å². The van der Waals surface area contributed by atoms with Crippen molar-refractivity contribution >= 4 is 28.9 Å². The van der Waals surface area contributed by atoms with Gasteiger partial charge in [-0.1, -0.05) is 23.7 Å². The van der Waals surface area contributed by atoms with E-state index >= 15 is 0 Å². The van der Waals surface area contributed by atoms with Crippen molar-refractivity contribution in [3.05, 3.63) is 59.1 Å². The monoisotopic (exact) mass is 330 g/mol. The average molecular weight is 331 g/mol. The molecule has 120 valence electrons. The first kappa shape index (κ1) is 15.8. The number of benzene rings is 2. The van der Waals surface area contributed by atoms with Gasteiger partial charge in [-0.25, -0.2) is 0 Å². The molecule has 1 aliphatic rings. The molecule has 1 amide bonds. The van der Waals surface area contributed by atoms with Gasteiger partial charge in [0.1, 0.15) is 0 Å². The van der Waals surface area contributed by atoms with Crippen LogP contribution >= 0.6 is 11.6 Å². The molecule has 1 fully saturated rings. The highest BCUT2D eigenvalue weighted by Gasteiger charge is 2.19. The standard InChI is InChI=1S/C18H19ClN2O2/c1-13-12-23-11-10-21(13)15-8-6-14(7-9-15)20-18(22)16-4-2-3-5-17(16)19/h2-9,13H,10-12H2,1H3,(H,20,22). The smallest absolute Gasteiger partial charge is 0.257 e. The lowest BCUT2D eigenvalue weighted by Gasteiger charge is -2.35. The van der Waals surface area contributed by atoms with Crippen LogP contribution in [0.5, 0.6) is 0 Å². The predicted molar refractivity (Wildman–Crippen MR) is 93.5 cm³/mol. The molecule has 2 aromatic carbocycles. The maximum atomic E-state index is 12.3. The van der Waals surface area contributed by atoms with Gasteiger partial charge in [0.05, 0.1) is 23.8 Å². The second-order valence-electron chi connectivity index (χ2n) is 5.60. The van der Waals surface area contributed by atoms with Crippen molar-refractivity contribution < 1.29 is 9.53 Å². The third-order valence-electron chi connectivity index (χ3n) is 3.94. The van der Waals surface area contributed by atoms with Crippen molar-refractivity contribution in [3.63, 3.8) is 0 Å². The van der Waals surface area contributed by atoms with Crippen LogP contribution in [0.4, 0.5) is 11.4 Å². The Labute approximate surface area is 141 Å². The molecule has 0 radical (unpaired) electrons. The van der Waals surface area contributed by atoms with Crippen LogP contribution in [0.1, 0.15) is 17.3 Å². The molecule has 1 N–H and O–H groups in total. The predicted octanol–water partition coefficient (Wildman–Crippen LogP) is 3.82. The summed E-state index contributed by atoms with van der Waals surface area (Å²) >= 11 is 6.05. The van der Waals surface area contributed by atoms with Crippen LogP contribution < -0.4 is 10.2 Å². The number of hydrogen-bond donors (Lipinski definition) is 1. The summed E-state index contributed by atoms with van der Waals surface area (Å²) in [6.07, 6.45) is 0. The van der Waals surface area contributed by atoms with Crippen molar-refractivity contribution in [3.8, 4) is 0 Å². The summed E-state index contributed by atoms with van der Waals surface area (Å²) in [7, 11) is 0. The van der Waals surface area contributed by atoms with E-state index in [9.17, 15) is 4.79 Å². The van der Waals surface area contributed by atoms with Gasteiger partial charge in [-0.3, -0.25) is 4.79 Å². The molecule has 3 rings (SSSR count). The molecular weight excluding hydrogens is 312 g/mol. The molecule has 5 heteroatoms. The largest absolute Gasteiger partial charge is 0.377 e. The van der Waals surface area contributed by atoms with E-state index in [0.29, 0.717) is 16.6 Å². The summed E-state index contributed by atoms with van der Waals surface area (Å²) in [5, 5.41) is 3.32. The van der Waals surface area contributed by atoms with E-state index in [2.05, 4.69) is 17.1 Å². The zero-order chi connectivity index (χ0) is 16.2. The normalized spacial score (nSPS) is 17.8. The summed E-state index contributed by atoms with van der Waals surface area (Å²) in [5.41, 5.74) is 2.36. The molecule has 0 bridgehead atoms. The van der Waals surface area contributed by atoms with Crippen molar-refractivity contribution in [2.45, 2.75) is 13.0 Å². The average Bonchev–Trinajstić information content (AvgIpc) is 2.56. The lowest BCUT2D eigenvalue weighted by atomic mass is 10.2. The zero-order valence-electron chi connectivity index (χ0n) is 13.0. The topological polar surface area (TPSA) is 41.6 Å². The van der Waals surface area contributed by atoms with Crippen LogP contribution in [-0.4, -0.2) is 31.7 Å². The second-order valence-corrected chi connectivity index (χ2v) is 6.01. The van der Waals surface area contributed by atoms with Gasteiger partial charge in [0.25, 0.3) is 5.91 Å². The van der Waals surface area contributed by atoms with Crippen molar-refractivity contribution in [2.24, 2.45) is 0 Å². The summed E-state index contributed by atoms with van der Waals surface area (Å²) in [4.78, 5) is 14.6. The number of carbonyl (C=O) groups is 1. The first-order valence-electron chi connectivity index (χ1n) is 7.65. The highest BCUT2D eigenvalue weighted by atomic mass is 35.5. The summed E-state index contributed by atoms with van der Waals surface area (Å²) in [6, 6.07) is 15.2. The molecule has 1 saturated heterocycles. The maximum absolute atomic E-state index is 12.3. The van der Waals surface area contributed by atoms with Gasteiger partial charge in [-0.15, -0.1) is 0 Å². The van der Waals surface area contributed by atoms with E-state index < -0.39 is 0 Å². The molecule has 1 aliphatic heterocycles. The van der Waals surface area contributed by atoms with Crippen LogP contribution in [0.3, 0.4) is 0 Å². The number of nitrogens with zero attached hydrogens (tertiary/aromatic N) is 1. The van der Waals surface area contributed by atoms with Crippen LogP contribution in [-0.2, 0) is 4.74 Å². The Morgan fingerprint density at radius 1 is 1.22 bits per heavy atom. The Bertz CT molecular complexity index is 688. The summed E-state index contributed by atoms with van der Waals surface area (Å²) < 4.78 is 5.46. The fraction of sp³-hybridized carbons (Fsp3) is 0.278. The SMILES string of the molecule is CC1COCCN1c1ccc(NC(=O)c2ccccc2Cl)cc1. The molecule has 4 nitrogen and oxygen atoms in total. The number of hydrogen-bond acceptors (Lipinski definition) is 3. The van der Waals surface area contributed by atoms with E-state index in [1.54, 1.807) is 24.3 Å².